The topological polar surface area (TPSA) is 81.4 Å². The molecule has 2 heterocycles. The van der Waals surface area contributed by atoms with E-state index in [0.29, 0.717) is 37.5 Å². The van der Waals surface area contributed by atoms with Crippen LogP contribution in [0.1, 0.15) is 75.6 Å². The second kappa shape index (κ2) is 8.03. The molecule has 0 N–H and O–H groups in total. The van der Waals surface area contributed by atoms with Crippen LogP contribution in [0.5, 0.6) is 0 Å². The molecule has 0 unspecified atom stereocenters. The second-order valence-corrected chi connectivity index (χ2v) is 10.4. The summed E-state index contributed by atoms with van der Waals surface area (Å²) in [7, 11) is 0. The molecule has 0 spiro atoms. The van der Waals surface area contributed by atoms with Gasteiger partial charge in [-0.1, -0.05) is 10.7 Å². The normalized spacial score (nSPS) is 19.4. The van der Waals surface area contributed by atoms with Crippen LogP contribution in [0.2, 0.25) is 0 Å². The van der Waals surface area contributed by atoms with Crippen molar-refractivity contribution in [3.8, 4) is 0 Å². The zero-order valence-electron chi connectivity index (χ0n) is 19.7. The van der Waals surface area contributed by atoms with Crippen molar-refractivity contribution in [2.45, 2.75) is 77.0 Å². The van der Waals surface area contributed by atoms with Gasteiger partial charge in [-0.3, -0.25) is 4.90 Å². The predicted molar refractivity (Wildman–Crippen MR) is 117 cm³/mol. The number of fused-ring (bicyclic) bond motifs is 2. The van der Waals surface area contributed by atoms with Gasteiger partial charge in [-0.25, -0.2) is 14.2 Å². The lowest BCUT2D eigenvalue weighted by molar-refractivity contribution is -0.243. The molecule has 6 rings (SSSR count). The Morgan fingerprint density at radius 2 is 2.00 bits per heavy atom. The maximum absolute atomic E-state index is 13.8. The Morgan fingerprint density at radius 1 is 1.29 bits per heavy atom. The summed E-state index contributed by atoms with van der Waals surface area (Å²) in [6, 6.07) is 1.34. The highest BCUT2D eigenvalue weighted by Gasteiger charge is 2.53. The van der Waals surface area contributed by atoms with Crippen LogP contribution in [0.4, 0.5) is 28.2 Å². The highest BCUT2D eigenvalue weighted by molar-refractivity contribution is 5.87. The molecular weight excluding hydrogens is 468 g/mol. The number of rotatable bonds is 6. The lowest BCUT2D eigenvalue weighted by atomic mass is 9.57. The van der Waals surface area contributed by atoms with Crippen LogP contribution < -0.4 is 4.90 Å². The third-order valence-electron chi connectivity index (χ3n) is 7.20. The number of aryl methyl sites for hydroxylation is 1. The van der Waals surface area contributed by atoms with E-state index in [1.54, 1.807) is 0 Å². The van der Waals surface area contributed by atoms with Gasteiger partial charge in [0.2, 0.25) is 5.60 Å². The first kappa shape index (κ1) is 23.7. The Balaban J connectivity index is 1.37. The Hall–Kier alpha value is -2.98. The van der Waals surface area contributed by atoms with Crippen LogP contribution >= 0.6 is 0 Å². The van der Waals surface area contributed by atoms with E-state index in [1.807, 2.05) is 0 Å². The van der Waals surface area contributed by atoms with Gasteiger partial charge in [0.25, 0.3) is 5.89 Å². The predicted octanol–water partition coefficient (Wildman–Crippen LogP) is 6.10. The fourth-order valence-corrected chi connectivity index (χ4v) is 4.70. The summed E-state index contributed by atoms with van der Waals surface area (Å²) in [5.41, 5.74) is -0.646. The lowest BCUT2D eigenvalue weighted by Gasteiger charge is -2.50. The molecule has 2 saturated carbocycles. The van der Waals surface area contributed by atoms with Crippen molar-refractivity contribution >= 4 is 17.5 Å². The average molecular weight is 494 g/mol. The first-order valence-corrected chi connectivity index (χ1v) is 11.6. The van der Waals surface area contributed by atoms with Gasteiger partial charge in [-0.2, -0.15) is 18.2 Å². The number of anilines is 1. The number of allylic oxidation sites excluding steroid dienone is 2. The standard InChI is InChI=1S/C24H26F4N4O3/c1-13-8-18(29-11-17(13)25)32(21(33)34-22(2,3)24(26,27)28)12-23-7-6-16(15(9-23)10-23)20-30-19(31-35-20)14-4-5-14/h8,11,14H,4-7,9-10,12H2,1-3H3. The smallest absolute Gasteiger partial charge is 0.427 e. The number of hydrogen-bond acceptors (Lipinski definition) is 6. The van der Waals surface area contributed by atoms with E-state index in [2.05, 4.69) is 15.1 Å². The fourth-order valence-electron chi connectivity index (χ4n) is 4.70. The number of nitrogens with zero attached hydrogens (tertiary/aromatic N) is 4. The third-order valence-corrected chi connectivity index (χ3v) is 7.20. The van der Waals surface area contributed by atoms with Crippen LogP contribution in [-0.2, 0) is 4.74 Å². The first-order chi connectivity index (χ1) is 16.4. The Morgan fingerprint density at radius 3 is 2.57 bits per heavy atom. The molecule has 1 amide bonds. The molecule has 0 aliphatic heterocycles. The quantitative estimate of drug-likeness (QED) is 0.452. The highest BCUT2D eigenvalue weighted by atomic mass is 19.4. The van der Waals surface area contributed by atoms with Gasteiger partial charge in [-0.15, -0.1) is 0 Å². The van der Waals surface area contributed by atoms with Crippen LogP contribution in [0.15, 0.2) is 22.4 Å². The number of carbonyl (C=O) groups is 1. The van der Waals surface area contributed by atoms with Crippen molar-refractivity contribution in [1.29, 1.82) is 0 Å². The van der Waals surface area contributed by atoms with Gasteiger partial charge in [-0.05, 0) is 76.3 Å². The van der Waals surface area contributed by atoms with Crippen molar-refractivity contribution < 1.29 is 31.6 Å². The molecule has 0 saturated heterocycles. The van der Waals surface area contributed by atoms with Crippen molar-refractivity contribution in [3.05, 3.63) is 40.9 Å². The van der Waals surface area contributed by atoms with Crippen molar-refractivity contribution in [2.75, 3.05) is 11.4 Å². The fraction of sp³-hybridized carbons (Fsp3) is 0.583. The van der Waals surface area contributed by atoms with Gasteiger partial charge in [0.1, 0.15) is 11.6 Å². The molecule has 35 heavy (non-hydrogen) atoms. The van der Waals surface area contributed by atoms with Crippen molar-refractivity contribution in [1.82, 2.24) is 15.1 Å². The number of aromatic nitrogens is 3. The maximum Gasteiger partial charge on any atom is 0.427 e. The number of carbonyl (C=O) groups excluding carboxylic acids is 1. The molecule has 4 aliphatic carbocycles. The van der Waals surface area contributed by atoms with E-state index >= 15 is 0 Å². The summed E-state index contributed by atoms with van der Waals surface area (Å²) in [4.78, 5) is 22.6. The van der Waals surface area contributed by atoms with Crippen LogP contribution in [0.25, 0.3) is 5.57 Å². The van der Waals surface area contributed by atoms with E-state index in [4.69, 9.17) is 9.26 Å². The van der Waals surface area contributed by atoms with Gasteiger partial charge in [0.05, 0.1) is 6.20 Å². The Labute approximate surface area is 199 Å². The van der Waals surface area contributed by atoms with Gasteiger partial charge in [0, 0.05) is 18.0 Å². The van der Waals surface area contributed by atoms with Gasteiger partial charge in [0.15, 0.2) is 5.82 Å². The minimum Gasteiger partial charge on any atom is -0.433 e. The largest absolute Gasteiger partial charge is 0.433 e. The SMILES string of the molecule is Cc1cc(N(CC23CCC(c4nc(C5CC5)no4)=C(C2)C3)C(=O)OC(C)(C)C(F)(F)F)ncc1F. The number of alkyl halides is 3. The van der Waals surface area contributed by atoms with Crippen LogP contribution in [0.3, 0.4) is 0 Å². The number of ether oxygens (including phenoxy) is 1. The summed E-state index contributed by atoms with van der Waals surface area (Å²) in [6.07, 6.45) is -0.192. The molecular formula is C24H26F4N4O3. The van der Waals surface area contributed by atoms with Crippen molar-refractivity contribution in [2.24, 2.45) is 5.41 Å². The molecule has 2 aromatic rings. The molecule has 2 fully saturated rings. The molecule has 0 radical (unpaired) electrons. The van der Waals surface area contributed by atoms with E-state index in [1.165, 1.54) is 13.0 Å². The second-order valence-electron chi connectivity index (χ2n) is 10.4. The summed E-state index contributed by atoms with van der Waals surface area (Å²) in [6.45, 7) is 3.19. The molecule has 0 aromatic carbocycles. The average Bonchev–Trinajstić information content (AvgIpc) is 3.49. The van der Waals surface area contributed by atoms with Crippen LogP contribution in [-0.4, -0.2) is 39.5 Å². The molecule has 11 heteroatoms. The number of halogens is 4. The summed E-state index contributed by atoms with van der Waals surface area (Å²) >= 11 is 0. The number of amides is 1. The maximum atomic E-state index is 13.8. The third kappa shape index (κ3) is 4.40. The van der Waals surface area contributed by atoms with E-state index in [-0.39, 0.29) is 23.3 Å². The summed E-state index contributed by atoms with van der Waals surface area (Å²) in [5.74, 6) is 1.14. The summed E-state index contributed by atoms with van der Waals surface area (Å²) in [5, 5.41) is 4.08. The molecule has 188 valence electrons. The van der Waals surface area contributed by atoms with Gasteiger partial charge < -0.3 is 9.26 Å². The minimum atomic E-state index is -4.76. The van der Waals surface area contributed by atoms with Crippen molar-refractivity contribution in [3.63, 3.8) is 0 Å². The first-order valence-electron chi connectivity index (χ1n) is 11.6. The number of pyridine rings is 1. The Bertz CT molecular complexity index is 1190. The number of hydrogen-bond donors (Lipinski definition) is 0. The molecule has 2 bridgehead atoms. The molecule has 0 atom stereocenters. The monoisotopic (exact) mass is 494 g/mol. The van der Waals surface area contributed by atoms with Gasteiger partial charge >= 0.3 is 12.3 Å². The minimum absolute atomic E-state index is 0.0513. The summed E-state index contributed by atoms with van der Waals surface area (Å²) < 4.78 is 64.4. The zero-order chi connectivity index (χ0) is 25.2. The van der Waals surface area contributed by atoms with E-state index < -0.39 is 23.7 Å². The molecule has 7 nitrogen and oxygen atoms in total. The van der Waals surface area contributed by atoms with E-state index in [0.717, 1.165) is 54.8 Å². The molecule has 4 aliphatic rings. The van der Waals surface area contributed by atoms with Crippen LogP contribution in [0, 0.1) is 18.2 Å². The Kier molecular flexibility index (Phi) is 5.45. The highest BCUT2D eigenvalue weighted by Crippen LogP contribution is 2.57. The zero-order valence-corrected chi connectivity index (χ0v) is 19.7. The van der Waals surface area contributed by atoms with E-state index in [9.17, 15) is 22.4 Å². The molecule has 2 aromatic heterocycles. The lowest BCUT2D eigenvalue weighted by Crippen LogP contribution is -2.52.